The maximum atomic E-state index is 12.2. The summed E-state index contributed by atoms with van der Waals surface area (Å²) in [6.07, 6.45) is 3.98. The SMILES string of the molecule is CCCOC(=O)c1ccc(NC(=S)NC(=O)/C=C/c2cccc3ccccc23)cc1. The molecule has 5 nitrogen and oxygen atoms in total. The smallest absolute Gasteiger partial charge is 0.338 e. The van der Waals surface area contributed by atoms with Gasteiger partial charge in [0.1, 0.15) is 0 Å². The Bertz CT molecular complexity index is 1090. The summed E-state index contributed by atoms with van der Waals surface area (Å²) < 4.78 is 5.09. The molecule has 0 heterocycles. The van der Waals surface area contributed by atoms with Crippen LogP contribution in [0.15, 0.2) is 72.8 Å². The molecule has 0 spiro atoms. The van der Waals surface area contributed by atoms with Crippen LogP contribution in [0.2, 0.25) is 0 Å². The molecule has 3 aromatic rings. The predicted octanol–water partition coefficient (Wildman–Crippen LogP) is 4.93. The molecule has 0 aliphatic heterocycles. The number of thiocarbonyl (C=S) groups is 1. The van der Waals surface area contributed by atoms with Crippen LogP contribution in [-0.2, 0) is 9.53 Å². The van der Waals surface area contributed by atoms with Gasteiger partial charge in [0, 0.05) is 11.8 Å². The molecule has 30 heavy (non-hydrogen) atoms. The first kappa shape index (κ1) is 21.2. The lowest BCUT2D eigenvalue weighted by molar-refractivity contribution is -0.115. The van der Waals surface area contributed by atoms with Crippen molar-refractivity contribution in [3.05, 3.63) is 83.9 Å². The van der Waals surface area contributed by atoms with Gasteiger partial charge < -0.3 is 10.1 Å². The molecule has 1 amide bonds. The highest BCUT2D eigenvalue weighted by Crippen LogP contribution is 2.19. The summed E-state index contributed by atoms with van der Waals surface area (Å²) in [7, 11) is 0. The van der Waals surface area contributed by atoms with E-state index in [4.69, 9.17) is 17.0 Å². The molecule has 0 atom stereocenters. The third-order valence-corrected chi connectivity index (χ3v) is 4.49. The Morgan fingerprint density at radius 2 is 1.73 bits per heavy atom. The van der Waals surface area contributed by atoms with Crippen molar-refractivity contribution in [2.75, 3.05) is 11.9 Å². The van der Waals surface area contributed by atoms with Crippen molar-refractivity contribution in [1.29, 1.82) is 0 Å². The van der Waals surface area contributed by atoms with Gasteiger partial charge in [-0.1, -0.05) is 49.4 Å². The van der Waals surface area contributed by atoms with Crippen LogP contribution in [0.25, 0.3) is 16.8 Å². The number of hydrogen-bond donors (Lipinski definition) is 2. The molecule has 0 saturated carbocycles. The number of hydrogen-bond acceptors (Lipinski definition) is 4. The standard InChI is InChI=1S/C24H22N2O3S/c1-2-16-29-23(28)19-10-13-20(14-11-19)25-24(30)26-22(27)15-12-18-8-5-7-17-6-3-4-9-21(17)18/h3-15H,2,16H2,1H3,(H2,25,26,27,30)/b15-12+. The van der Waals surface area contributed by atoms with Crippen molar-refractivity contribution < 1.29 is 14.3 Å². The normalized spacial score (nSPS) is 10.7. The van der Waals surface area contributed by atoms with Gasteiger partial charge in [0.2, 0.25) is 5.91 Å². The van der Waals surface area contributed by atoms with Gasteiger partial charge >= 0.3 is 5.97 Å². The van der Waals surface area contributed by atoms with Crippen LogP contribution >= 0.6 is 12.2 Å². The van der Waals surface area contributed by atoms with Crippen molar-refractivity contribution in [1.82, 2.24) is 5.32 Å². The van der Waals surface area contributed by atoms with Crippen LogP contribution in [0, 0.1) is 0 Å². The van der Waals surface area contributed by atoms with E-state index in [0.717, 1.165) is 22.8 Å². The molecule has 152 valence electrons. The molecular formula is C24H22N2O3S. The lowest BCUT2D eigenvalue weighted by Crippen LogP contribution is -2.32. The Morgan fingerprint density at radius 1 is 1.00 bits per heavy atom. The fourth-order valence-corrected chi connectivity index (χ4v) is 3.06. The molecule has 0 fully saturated rings. The van der Waals surface area contributed by atoms with Gasteiger partial charge in [-0.15, -0.1) is 0 Å². The van der Waals surface area contributed by atoms with Gasteiger partial charge in [0.25, 0.3) is 0 Å². The number of anilines is 1. The first-order valence-electron chi connectivity index (χ1n) is 9.62. The summed E-state index contributed by atoms with van der Waals surface area (Å²) in [4.78, 5) is 24.0. The van der Waals surface area contributed by atoms with Crippen molar-refractivity contribution >= 4 is 51.7 Å². The average molecular weight is 419 g/mol. The number of amides is 1. The highest BCUT2D eigenvalue weighted by molar-refractivity contribution is 7.80. The van der Waals surface area contributed by atoms with Crippen molar-refractivity contribution in [2.24, 2.45) is 0 Å². The quantitative estimate of drug-likeness (QED) is 0.337. The summed E-state index contributed by atoms with van der Waals surface area (Å²) in [5, 5.41) is 7.89. The number of fused-ring (bicyclic) bond motifs is 1. The van der Waals surface area contributed by atoms with E-state index in [9.17, 15) is 9.59 Å². The number of rotatable bonds is 6. The van der Waals surface area contributed by atoms with Crippen LogP contribution in [0.5, 0.6) is 0 Å². The second-order valence-corrected chi connectivity index (χ2v) is 6.97. The van der Waals surface area contributed by atoms with Gasteiger partial charge in [0.15, 0.2) is 5.11 Å². The first-order valence-corrected chi connectivity index (χ1v) is 10.0. The molecule has 0 radical (unpaired) electrons. The van der Waals surface area contributed by atoms with E-state index in [1.54, 1.807) is 30.3 Å². The Hall–Kier alpha value is -3.51. The minimum Gasteiger partial charge on any atom is -0.462 e. The lowest BCUT2D eigenvalue weighted by atomic mass is 10.0. The molecule has 0 aliphatic rings. The Kier molecular flexibility index (Phi) is 7.29. The predicted molar refractivity (Wildman–Crippen MR) is 124 cm³/mol. The number of carbonyl (C=O) groups is 2. The zero-order valence-electron chi connectivity index (χ0n) is 16.6. The van der Waals surface area contributed by atoms with Crippen molar-refractivity contribution in [2.45, 2.75) is 13.3 Å². The van der Waals surface area contributed by atoms with E-state index in [-0.39, 0.29) is 17.0 Å². The van der Waals surface area contributed by atoms with E-state index in [1.807, 2.05) is 49.4 Å². The molecule has 0 saturated heterocycles. The van der Waals surface area contributed by atoms with E-state index < -0.39 is 0 Å². The van der Waals surface area contributed by atoms with Gasteiger partial charge in [-0.2, -0.15) is 0 Å². The van der Waals surface area contributed by atoms with Crippen molar-refractivity contribution in [3.63, 3.8) is 0 Å². The second kappa shape index (κ2) is 10.3. The number of benzene rings is 3. The third kappa shape index (κ3) is 5.75. The third-order valence-electron chi connectivity index (χ3n) is 4.29. The van der Waals surface area contributed by atoms with E-state index >= 15 is 0 Å². The fourth-order valence-electron chi connectivity index (χ4n) is 2.84. The van der Waals surface area contributed by atoms with E-state index in [0.29, 0.717) is 17.9 Å². The van der Waals surface area contributed by atoms with Crippen molar-refractivity contribution in [3.8, 4) is 0 Å². The Balaban J connectivity index is 1.56. The van der Waals surface area contributed by atoms with Crippen LogP contribution in [-0.4, -0.2) is 23.6 Å². The average Bonchev–Trinajstić information content (AvgIpc) is 2.76. The minimum absolute atomic E-state index is 0.170. The molecule has 2 N–H and O–H groups in total. The molecule has 0 bridgehead atoms. The largest absolute Gasteiger partial charge is 0.462 e. The van der Waals surface area contributed by atoms with Crippen LogP contribution < -0.4 is 10.6 Å². The highest BCUT2D eigenvalue weighted by atomic mass is 32.1. The Labute approximate surface area is 180 Å². The summed E-state index contributed by atoms with van der Waals surface area (Å²) in [6.45, 7) is 2.33. The molecule has 3 aromatic carbocycles. The zero-order valence-corrected chi connectivity index (χ0v) is 17.4. The number of esters is 1. The van der Waals surface area contributed by atoms with Crippen LogP contribution in [0.1, 0.15) is 29.3 Å². The lowest BCUT2D eigenvalue weighted by Gasteiger charge is -2.09. The number of nitrogens with one attached hydrogen (secondary N) is 2. The maximum Gasteiger partial charge on any atom is 0.338 e. The zero-order chi connectivity index (χ0) is 21.3. The fraction of sp³-hybridized carbons (Fsp3) is 0.125. The van der Waals surface area contributed by atoms with Crippen LogP contribution in [0.4, 0.5) is 5.69 Å². The minimum atomic E-state index is -0.363. The second-order valence-electron chi connectivity index (χ2n) is 6.56. The summed E-state index contributed by atoms with van der Waals surface area (Å²) >= 11 is 5.19. The molecule has 6 heteroatoms. The van der Waals surface area contributed by atoms with Gasteiger partial charge in [-0.05, 0) is 65.3 Å². The van der Waals surface area contributed by atoms with Gasteiger partial charge in [0.05, 0.1) is 12.2 Å². The number of ether oxygens (including phenoxy) is 1. The summed E-state index contributed by atoms with van der Waals surface area (Å²) in [5.41, 5.74) is 2.07. The van der Waals surface area contributed by atoms with Crippen LogP contribution in [0.3, 0.4) is 0 Å². The van der Waals surface area contributed by atoms with E-state index in [1.165, 1.54) is 6.08 Å². The first-order chi connectivity index (χ1) is 14.6. The molecule has 0 aromatic heterocycles. The number of carbonyl (C=O) groups excluding carboxylic acids is 2. The molecular weight excluding hydrogens is 396 g/mol. The topological polar surface area (TPSA) is 67.4 Å². The van der Waals surface area contributed by atoms with Gasteiger partial charge in [-0.3, -0.25) is 10.1 Å². The Morgan fingerprint density at radius 3 is 2.50 bits per heavy atom. The van der Waals surface area contributed by atoms with E-state index in [2.05, 4.69) is 10.6 Å². The molecule has 0 aliphatic carbocycles. The highest BCUT2D eigenvalue weighted by Gasteiger charge is 2.07. The maximum absolute atomic E-state index is 12.2. The monoisotopic (exact) mass is 418 g/mol. The van der Waals surface area contributed by atoms with Gasteiger partial charge in [-0.25, -0.2) is 4.79 Å². The molecule has 0 unspecified atom stereocenters. The summed E-state index contributed by atoms with van der Waals surface area (Å²) in [6, 6.07) is 20.6. The summed E-state index contributed by atoms with van der Waals surface area (Å²) in [5.74, 6) is -0.696. The molecule has 3 rings (SSSR count).